The summed E-state index contributed by atoms with van der Waals surface area (Å²) in [6.07, 6.45) is 1.44. The molecule has 0 saturated heterocycles. The van der Waals surface area contributed by atoms with E-state index in [1.165, 1.54) is 12.3 Å². The van der Waals surface area contributed by atoms with Gasteiger partial charge in [-0.1, -0.05) is 13.8 Å². The Kier molecular flexibility index (Phi) is 3.71. The summed E-state index contributed by atoms with van der Waals surface area (Å²) < 4.78 is 0. The van der Waals surface area contributed by atoms with Crippen molar-refractivity contribution in [3.63, 3.8) is 0 Å². The second-order valence-electron chi connectivity index (χ2n) is 4.10. The standard InChI is InChI=1S/C11H17N3O2/c1-6(2)7(3)14-10-9(12)8(11(15)16)4-5-13-10/h4-7H,12H2,1-3H3,(H,13,14)(H,15,16). The van der Waals surface area contributed by atoms with Crippen molar-refractivity contribution in [1.82, 2.24) is 4.98 Å². The zero-order valence-electron chi connectivity index (χ0n) is 9.69. The van der Waals surface area contributed by atoms with Gasteiger partial charge in [0, 0.05) is 12.2 Å². The monoisotopic (exact) mass is 223 g/mol. The Morgan fingerprint density at radius 3 is 2.62 bits per heavy atom. The van der Waals surface area contributed by atoms with Gasteiger partial charge in [0.2, 0.25) is 0 Å². The lowest BCUT2D eigenvalue weighted by Gasteiger charge is -2.19. The number of aromatic carboxylic acids is 1. The Hall–Kier alpha value is -1.78. The van der Waals surface area contributed by atoms with Crippen LogP contribution in [0.4, 0.5) is 11.5 Å². The lowest BCUT2D eigenvalue weighted by molar-refractivity contribution is 0.0698. The number of nitrogens with two attached hydrogens (primary N) is 1. The van der Waals surface area contributed by atoms with Crippen molar-refractivity contribution in [2.24, 2.45) is 5.92 Å². The molecule has 0 radical (unpaired) electrons. The van der Waals surface area contributed by atoms with E-state index < -0.39 is 5.97 Å². The second kappa shape index (κ2) is 4.83. The van der Waals surface area contributed by atoms with E-state index in [9.17, 15) is 4.79 Å². The first-order valence-electron chi connectivity index (χ1n) is 5.17. The summed E-state index contributed by atoms with van der Waals surface area (Å²) in [6, 6.07) is 1.57. The van der Waals surface area contributed by atoms with Crippen LogP contribution in [-0.4, -0.2) is 22.1 Å². The SMILES string of the molecule is CC(C)C(C)Nc1nccc(C(=O)O)c1N. The van der Waals surface area contributed by atoms with Crippen LogP contribution >= 0.6 is 0 Å². The van der Waals surface area contributed by atoms with E-state index in [4.69, 9.17) is 10.8 Å². The molecule has 16 heavy (non-hydrogen) atoms. The fourth-order valence-corrected chi connectivity index (χ4v) is 1.16. The van der Waals surface area contributed by atoms with Gasteiger partial charge in [-0.05, 0) is 18.9 Å². The first-order chi connectivity index (χ1) is 7.43. The van der Waals surface area contributed by atoms with Crippen LogP contribution in [-0.2, 0) is 0 Å². The molecule has 1 aromatic rings. The molecule has 0 fully saturated rings. The number of carboxylic acid groups (broad SMARTS) is 1. The van der Waals surface area contributed by atoms with Crippen LogP contribution < -0.4 is 11.1 Å². The number of hydrogen-bond donors (Lipinski definition) is 3. The molecule has 0 aliphatic heterocycles. The molecule has 1 rings (SSSR count). The van der Waals surface area contributed by atoms with Crippen molar-refractivity contribution in [2.45, 2.75) is 26.8 Å². The van der Waals surface area contributed by atoms with Gasteiger partial charge in [-0.15, -0.1) is 0 Å². The van der Waals surface area contributed by atoms with Crippen LogP contribution in [0.15, 0.2) is 12.3 Å². The molecule has 0 aromatic carbocycles. The van der Waals surface area contributed by atoms with Gasteiger partial charge in [-0.3, -0.25) is 0 Å². The van der Waals surface area contributed by atoms with Crippen LogP contribution in [0, 0.1) is 5.92 Å². The van der Waals surface area contributed by atoms with E-state index in [0.717, 1.165) is 0 Å². The molecule has 5 heteroatoms. The lowest BCUT2D eigenvalue weighted by atomic mass is 10.1. The maximum absolute atomic E-state index is 10.9. The Labute approximate surface area is 94.7 Å². The van der Waals surface area contributed by atoms with Crippen LogP contribution in [0.3, 0.4) is 0 Å². The quantitative estimate of drug-likeness (QED) is 0.724. The Balaban J connectivity index is 2.98. The van der Waals surface area contributed by atoms with E-state index in [2.05, 4.69) is 24.1 Å². The predicted octanol–water partition coefficient (Wildman–Crippen LogP) is 1.82. The number of nitrogen functional groups attached to an aromatic ring is 1. The van der Waals surface area contributed by atoms with E-state index in [1.54, 1.807) is 0 Å². The number of nitrogens with zero attached hydrogens (tertiary/aromatic N) is 1. The Bertz CT molecular complexity index is 391. The molecule has 1 heterocycles. The summed E-state index contributed by atoms with van der Waals surface area (Å²) in [4.78, 5) is 14.9. The van der Waals surface area contributed by atoms with Crippen molar-refractivity contribution in [3.05, 3.63) is 17.8 Å². The van der Waals surface area contributed by atoms with Gasteiger partial charge in [0.15, 0.2) is 0 Å². The molecule has 0 amide bonds. The normalized spacial score (nSPS) is 12.5. The summed E-state index contributed by atoms with van der Waals surface area (Å²) in [6.45, 7) is 6.13. The van der Waals surface area contributed by atoms with Crippen molar-refractivity contribution in [1.29, 1.82) is 0 Å². The Morgan fingerprint density at radius 2 is 2.12 bits per heavy atom. The molecule has 0 aliphatic carbocycles. The minimum atomic E-state index is -1.04. The Morgan fingerprint density at radius 1 is 1.50 bits per heavy atom. The zero-order valence-corrected chi connectivity index (χ0v) is 9.69. The van der Waals surface area contributed by atoms with Gasteiger partial charge in [0.1, 0.15) is 5.82 Å². The number of aromatic nitrogens is 1. The third-order valence-corrected chi connectivity index (χ3v) is 2.58. The van der Waals surface area contributed by atoms with Gasteiger partial charge >= 0.3 is 5.97 Å². The highest BCUT2D eigenvalue weighted by Crippen LogP contribution is 2.21. The number of pyridine rings is 1. The minimum Gasteiger partial charge on any atom is -0.478 e. The third-order valence-electron chi connectivity index (χ3n) is 2.58. The zero-order chi connectivity index (χ0) is 12.3. The molecular formula is C11H17N3O2. The first-order valence-corrected chi connectivity index (χ1v) is 5.17. The summed E-state index contributed by atoms with van der Waals surface area (Å²) >= 11 is 0. The minimum absolute atomic E-state index is 0.0773. The topological polar surface area (TPSA) is 88.2 Å². The molecule has 0 aliphatic rings. The third kappa shape index (κ3) is 2.62. The smallest absolute Gasteiger partial charge is 0.337 e. The van der Waals surface area contributed by atoms with Crippen molar-refractivity contribution in [2.75, 3.05) is 11.1 Å². The summed E-state index contributed by atoms with van der Waals surface area (Å²) in [5.41, 5.74) is 5.99. The molecule has 1 unspecified atom stereocenters. The molecule has 1 aromatic heterocycles. The van der Waals surface area contributed by atoms with Gasteiger partial charge < -0.3 is 16.2 Å². The molecular weight excluding hydrogens is 206 g/mol. The fourth-order valence-electron chi connectivity index (χ4n) is 1.16. The van der Waals surface area contributed by atoms with Crippen LogP contribution in [0.5, 0.6) is 0 Å². The van der Waals surface area contributed by atoms with Crippen molar-refractivity contribution < 1.29 is 9.90 Å². The summed E-state index contributed by atoms with van der Waals surface area (Å²) in [5, 5.41) is 12.0. The number of anilines is 2. The average Bonchev–Trinajstić information content (AvgIpc) is 2.20. The van der Waals surface area contributed by atoms with Gasteiger partial charge in [0.25, 0.3) is 0 Å². The maximum atomic E-state index is 10.9. The highest BCUT2D eigenvalue weighted by molar-refractivity contribution is 5.96. The fraction of sp³-hybridized carbons (Fsp3) is 0.455. The van der Waals surface area contributed by atoms with Crippen molar-refractivity contribution in [3.8, 4) is 0 Å². The molecule has 0 spiro atoms. The molecule has 5 nitrogen and oxygen atoms in total. The van der Waals surface area contributed by atoms with Gasteiger partial charge in [0.05, 0.1) is 11.3 Å². The molecule has 0 saturated carbocycles. The van der Waals surface area contributed by atoms with Crippen LogP contribution in [0.2, 0.25) is 0 Å². The molecule has 1 atom stereocenters. The number of hydrogen-bond acceptors (Lipinski definition) is 4. The summed E-state index contributed by atoms with van der Waals surface area (Å²) in [7, 11) is 0. The van der Waals surface area contributed by atoms with Gasteiger partial charge in [-0.25, -0.2) is 9.78 Å². The first kappa shape index (κ1) is 12.3. The van der Waals surface area contributed by atoms with E-state index >= 15 is 0 Å². The number of carboxylic acids is 1. The predicted molar refractivity (Wildman–Crippen MR) is 63.5 cm³/mol. The van der Waals surface area contributed by atoms with E-state index in [0.29, 0.717) is 11.7 Å². The summed E-state index contributed by atoms with van der Waals surface area (Å²) in [5.74, 6) is -0.198. The highest BCUT2D eigenvalue weighted by atomic mass is 16.4. The number of nitrogens with one attached hydrogen (secondary N) is 1. The number of carbonyl (C=O) groups is 1. The molecule has 4 N–H and O–H groups in total. The second-order valence-corrected chi connectivity index (χ2v) is 4.10. The number of rotatable bonds is 4. The van der Waals surface area contributed by atoms with E-state index in [1.807, 2.05) is 6.92 Å². The molecule has 0 bridgehead atoms. The lowest BCUT2D eigenvalue weighted by Crippen LogP contribution is -2.23. The largest absolute Gasteiger partial charge is 0.478 e. The van der Waals surface area contributed by atoms with Gasteiger partial charge in [-0.2, -0.15) is 0 Å². The van der Waals surface area contributed by atoms with Crippen molar-refractivity contribution >= 4 is 17.5 Å². The van der Waals surface area contributed by atoms with E-state index in [-0.39, 0.29) is 17.3 Å². The average molecular weight is 223 g/mol. The van der Waals surface area contributed by atoms with Crippen LogP contribution in [0.25, 0.3) is 0 Å². The maximum Gasteiger partial charge on any atom is 0.337 e. The van der Waals surface area contributed by atoms with Crippen LogP contribution in [0.1, 0.15) is 31.1 Å². The highest BCUT2D eigenvalue weighted by Gasteiger charge is 2.14. The molecule has 88 valence electrons.